The predicted molar refractivity (Wildman–Crippen MR) is 64.7 cm³/mol. The molecule has 1 N–H and O–H groups in total. The minimum atomic E-state index is 0.549. The van der Waals surface area contributed by atoms with E-state index in [0.717, 1.165) is 31.4 Å². The van der Waals surface area contributed by atoms with Gasteiger partial charge in [0.1, 0.15) is 12.4 Å². The number of furan rings is 1. The first-order chi connectivity index (χ1) is 8.38. The van der Waals surface area contributed by atoms with Crippen molar-refractivity contribution in [3.05, 3.63) is 23.7 Å². The third kappa shape index (κ3) is 4.89. The van der Waals surface area contributed by atoms with E-state index in [1.807, 2.05) is 6.26 Å². The summed E-state index contributed by atoms with van der Waals surface area (Å²) in [4.78, 5) is 0. The zero-order chi connectivity index (χ0) is 11.9. The van der Waals surface area contributed by atoms with Crippen LogP contribution in [0, 0.1) is 0 Å². The summed E-state index contributed by atoms with van der Waals surface area (Å²) in [6.07, 6.45) is 5.36. The van der Waals surface area contributed by atoms with Crippen LogP contribution >= 0.6 is 0 Å². The van der Waals surface area contributed by atoms with E-state index in [1.165, 1.54) is 18.4 Å². The second-order valence-corrected chi connectivity index (χ2v) is 4.48. The highest BCUT2D eigenvalue weighted by Crippen LogP contribution is 2.19. The Balaban J connectivity index is 1.59. The Morgan fingerprint density at radius 1 is 1.41 bits per heavy atom. The van der Waals surface area contributed by atoms with Gasteiger partial charge in [-0.1, -0.05) is 0 Å². The SMILES string of the molecule is COCCCOCc1cc(CNC2CC2)co1. The summed E-state index contributed by atoms with van der Waals surface area (Å²) in [5.41, 5.74) is 1.20. The lowest BCUT2D eigenvalue weighted by atomic mass is 10.3. The largest absolute Gasteiger partial charge is 0.467 e. The molecule has 1 heterocycles. The normalized spacial score (nSPS) is 15.4. The van der Waals surface area contributed by atoms with Crippen LogP contribution < -0.4 is 5.32 Å². The molecule has 1 aromatic heterocycles. The summed E-state index contributed by atoms with van der Waals surface area (Å²) in [5.74, 6) is 0.898. The minimum Gasteiger partial charge on any atom is -0.467 e. The smallest absolute Gasteiger partial charge is 0.129 e. The highest BCUT2D eigenvalue weighted by atomic mass is 16.5. The van der Waals surface area contributed by atoms with Crippen LogP contribution in [0.1, 0.15) is 30.6 Å². The predicted octanol–water partition coefficient (Wildman–Crippen LogP) is 2.08. The van der Waals surface area contributed by atoms with E-state index < -0.39 is 0 Å². The third-order valence-electron chi connectivity index (χ3n) is 2.76. The maximum Gasteiger partial charge on any atom is 0.129 e. The molecule has 1 aliphatic rings. The molecular weight excluding hydrogens is 218 g/mol. The van der Waals surface area contributed by atoms with Crippen LogP contribution in [0.3, 0.4) is 0 Å². The van der Waals surface area contributed by atoms with E-state index in [1.54, 1.807) is 7.11 Å². The summed E-state index contributed by atoms with van der Waals surface area (Å²) in [5, 5.41) is 3.45. The molecule has 0 spiro atoms. The standard InChI is InChI=1S/C13H21NO3/c1-15-5-2-6-16-10-13-7-11(9-17-13)8-14-12-3-4-12/h7,9,12,14H,2-6,8,10H2,1H3. The van der Waals surface area contributed by atoms with Gasteiger partial charge in [-0.25, -0.2) is 0 Å². The summed E-state index contributed by atoms with van der Waals surface area (Å²) in [7, 11) is 1.70. The van der Waals surface area contributed by atoms with Crippen molar-refractivity contribution >= 4 is 0 Å². The van der Waals surface area contributed by atoms with Crippen LogP contribution in [0.5, 0.6) is 0 Å². The molecule has 0 bridgehead atoms. The summed E-state index contributed by atoms with van der Waals surface area (Å²) < 4.78 is 15.9. The molecule has 1 saturated carbocycles. The molecule has 4 heteroatoms. The first kappa shape index (κ1) is 12.6. The molecule has 0 aliphatic heterocycles. The van der Waals surface area contributed by atoms with E-state index >= 15 is 0 Å². The van der Waals surface area contributed by atoms with Crippen molar-refractivity contribution in [2.75, 3.05) is 20.3 Å². The van der Waals surface area contributed by atoms with Crippen molar-refractivity contribution in [2.45, 2.75) is 38.5 Å². The topological polar surface area (TPSA) is 43.6 Å². The highest BCUT2D eigenvalue weighted by Gasteiger charge is 2.20. The Bertz CT molecular complexity index is 320. The van der Waals surface area contributed by atoms with E-state index in [-0.39, 0.29) is 0 Å². The lowest BCUT2D eigenvalue weighted by Crippen LogP contribution is -2.14. The second kappa shape index (κ2) is 6.79. The summed E-state index contributed by atoms with van der Waals surface area (Å²) >= 11 is 0. The zero-order valence-corrected chi connectivity index (χ0v) is 10.4. The quantitative estimate of drug-likeness (QED) is 0.670. The third-order valence-corrected chi connectivity index (χ3v) is 2.76. The maximum absolute atomic E-state index is 5.48. The van der Waals surface area contributed by atoms with Crippen LogP contribution in [-0.4, -0.2) is 26.4 Å². The molecule has 0 atom stereocenters. The molecule has 96 valence electrons. The number of hydrogen-bond donors (Lipinski definition) is 1. The molecule has 0 saturated heterocycles. The van der Waals surface area contributed by atoms with Gasteiger partial charge in [0.05, 0.1) is 6.26 Å². The van der Waals surface area contributed by atoms with Crippen molar-refractivity contribution in [3.8, 4) is 0 Å². The van der Waals surface area contributed by atoms with Crippen molar-refractivity contribution < 1.29 is 13.9 Å². The molecular formula is C13H21NO3. The molecule has 0 radical (unpaired) electrons. The van der Waals surface area contributed by atoms with Crippen molar-refractivity contribution in [1.82, 2.24) is 5.32 Å². The van der Waals surface area contributed by atoms with Crippen molar-refractivity contribution in [3.63, 3.8) is 0 Å². The number of rotatable bonds is 9. The Kier molecular flexibility index (Phi) is 5.04. The minimum absolute atomic E-state index is 0.549. The van der Waals surface area contributed by atoms with Crippen LogP contribution in [0.4, 0.5) is 0 Å². The summed E-state index contributed by atoms with van der Waals surface area (Å²) in [6.45, 7) is 2.91. The van der Waals surface area contributed by atoms with Gasteiger partial charge in [-0.2, -0.15) is 0 Å². The van der Waals surface area contributed by atoms with Crippen molar-refractivity contribution in [2.24, 2.45) is 0 Å². The van der Waals surface area contributed by atoms with Crippen LogP contribution in [0.15, 0.2) is 16.7 Å². The molecule has 1 fully saturated rings. The average Bonchev–Trinajstić information content (AvgIpc) is 3.06. The van der Waals surface area contributed by atoms with Crippen LogP contribution in [0.25, 0.3) is 0 Å². The fourth-order valence-corrected chi connectivity index (χ4v) is 1.62. The molecule has 17 heavy (non-hydrogen) atoms. The van der Waals surface area contributed by atoms with E-state index in [0.29, 0.717) is 13.2 Å². The lowest BCUT2D eigenvalue weighted by molar-refractivity contribution is 0.0827. The van der Waals surface area contributed by atoms with Gasteiger partial charge in [0.25, 0.3) is 0 Å². The Morgan fingerprint density at radius 2 is 2.29 bits per heavy atom. The van der Waals surface area contributed by atoms with Gasteiger partial charge < -0.3 is 19.2 Å². The maximum atomic E-state index is 5.48. The Labute approximate surface area is 102 Å². The highest BCUT2D eigenvalue weighted by molar-refractivity contribution is 5.12. The molecule has 1 aromatic rings. The van der Waals surface area contributed by atoms with Gasteiger partial charge in [0.2, 0.25) is 0 Å². The monoisotopic (exact) mass is 239 g/mol. The fourth-order valence-electron chi connectivity index (χ4n) is 1.62. The van der Waals surface area contributed by atoms with Gasteiger partial charge in [0.15, 0.2) is 0 Å². The number of ether oxygens (including phenoxy) is 2. The zero-order valence-electron chi connectivity index (χ0n) is 10.4. The number of nitrogens with one attached hydrogen (secondary N) is 1. The van der Waals surface area contributed by atoms with Gasteiger partial charge in [-0.15, -0.1) is 0 Å². The lowest BCUT2D eigenvalue weighted by Gasteiger charge is -2.00. The molecule has 4 nitrogen and oxygen atoms in total. The number of hydrogen-bond acceptors (Lipinski definition) is 4. The van der Waals surface area contributed by atoms with Gasteiger partial charge in [-0.3, -0.25) is 0 Å². The van der Waals surface area contributed by atoms with Gasteiger partial charge in [0, 0.05) is 38.5 Å². The van der Waals surface area contributed by atoms with E-state index in [9.17, 15) is 0 Å². The first-order valence-electron chi connectivity index (χ1n) is 6.25. The first-order valence-corrected chi connectivity index (χ1v) is 6.25. The molecule has 1 aliphatic carbocycles. The molecule has 0 aromatic carbocycles. The van der Waals surface area contributed by atoms with Gasteiger partial charge >= 0.3 is 0 Å². The van der Waals surface area contributed by atoms with E-state index in [4.69, 9.17) is 13.9 Å². The van der Waals surface area contributed by atoms with Crippen LogP contribution in [-0.2, 0) is 22.6 Å². The fraction of sp³-hybridized carbons (Fsp3) is 0.692. The number of methoxy groups -OCH3 is 1. The second-order valence-electron chi connectivity index (χ2n) is 4.48. The molecule has 2 rings (SSSR count). The molecule has 0 unspecified atom stereocenters. The summed E-state index contributed by atoms with van der Waals surface area (Å²) in [6, 6.07) is 2.80. The van der Waals surface area contributed by atoms with E-state index in [2.05, 4.69) is 11.4 Å². The Hall–Kier alpha value is -0.840. The molecule has 0 amide bonds. The van der Waals surface area contributed by atoms with Crippen molar-refractivity contribution in [1.29, 1.82) is 0 Å². The average molecular weight is 239 g/mol. The van der Waals surface area contributed by atoms with Gasteiger partial charge in [-0.05, 0) is 25.3 Å². The Morgan fingerprint density at radius 3 is 3.06 bits per heavy atom. The van der Waals surface area contributed by atoms with Crippen LogP contribution in [0.2, 0.25) is 0 Å².